The fourth-order valence-corrected chi connectivity index (χ4v) is 3.29. The van der Waals surface area contributed by atoms with Gasteiger partial charge in [-0.1, -0.05) is 41.5 Å². The fourth-order valence-electron chi connectivity index (χ4n) is 3.29. The van der Waals surface area contributed by atoms with E-state index in [-0.39, 0.29) is 23.0 Å². The topological polar surface area (TPSA) is 47.9 Å². The first-order valence-electron chi connectivity index (χ1n) is 6.70. The number of aliphatic hydroxyl groups is 1. The van der Waals surface area contributed by atoms with Gasteiger partial charge < -0.3 is 19.3 Å². The van der Waals surface area contributed by atoms with Crippen molar-refractivity contribution >= 4 is 0 Å². The average molecular weight is 258 g/mol. The van der Waals surface area contributed by atoms with Crippen LogP contribution in [0.25, 0.3) is 0 Å². The third kappa shape index (κ3) is 1.99. The largest absolute Gasteiger partial charge is 0.388 e. The van der Waals surface area contributed by atoms with Gasteiger partial charge in [-0.2, -0.15) is 0 Å². The van der Waals surface area contributed by atoms with Crippen LogP contribution in [0, 0.1) is 10.8 Å². The zero-order chi connectivity index (χ0) is 13.8. The van der Waals surface area contributed by atoms with Crippen molar-refractivity contribution in [3.8, 4) is 0 Å². The Labute approximate surface area is 110 Å². The monoisotopic (exact) mass is 258 g/mol. The minimum Gasteiger partial charge on any atom is -0.388 e. The molecule has 0 bridgehead atoms. The van der Waals surface area contributed by atoms with Crippen molar-refractivity contribution in [2.24, 2.45) is 10.8 Å². The lowest BCUT2D eigenvalue weighted by atomic mass is 9.69. The van der Waals surface area contributed by atoms with E-state index >= 15 is 0 Å². The van der Waals surface area contributed by atoms with E-state index in [4.69, 9.17) is 14.2 Å². The summed E-state index contributed by atoms with van der Waals surface area (Å²) in [5, 5.41) is 9.98. The van der Waals surface area contributed by atoms with E-state index in [9.17, 15) is 5.11 Å². The van der Waals surface area contributed by atoms with Gasteiger partial charge >= 0.3 is 0 Å². The molecule has 2 aliphatic heterocycles. The molecule has 2 saturated heterocycles. The first-order chi connectivity index (χ1) is 8.08. The van der Waals surface area contributed by atoms with Gasteiger partial charge in [0.25, 0.3) is 0 Å². The van der Waals surface area contributed by atoms with Crippen LogP contribution in [0.5, 0.6) is 0 Å². The van der Waals surface area contributed by atoms with Crippen molar-refractivity contribution in [1.29, 1.82) is 0 Å². The predicted molar refractivity (Wildman–Crippen MR) is 68.2 cm³/mol. The fraction of sp³-hybridized carbons (Fsp3) is 1.00. The molecule has 18 heavy (non-hydrogen) atoms. The van der Waals surface area contributed by atoms with Crippen molar-refractivity contribution in [1.82, 2.24) is 0 Å². The number of ether oxygens (including phenoxy) is 3. The number of hydrogen-bond donors (Lipinski definition) is 1. The first-order valence-corrected chi connectivity index (χ1v) is 6.70. The third-order valence-electron chi connectivity index (χ3n) is 3.95. The predicted octanol–water partition coefficient (Wildman–Crippen LogP) is 1.95. The molecule has 106 valence electrons. The molecule has 3 atom stereocenters. The summed E-state index contributed by atoms with van der Waals surface area (Å²) in [6, 6.07) is 0. The van der Waals surface area contributed by atoms with E-state index in [1.54, 1.807) is 0 Å². The highest BCUT2D eigenvalue weighted by atomic mass is 16.7. The number of hydrogen-bond acceptors (Lipinski definition) is 4. The summed E-state index contributed by atoms with van der Waals surface area (Å²) in [6.45, 7) is 13.5. The lowest BCUT2D eigenvalue weighted by Crippen LogP contribution is -2.64. The Balaban J connectivity index is 2.33. The van der Waals surface area contributed by atoms with Crippen molar-refractivity contribution < 1.29 is 19.3 Å². The normalized spacial score (nSPS) is 36.5. The van der Waals surface area contributed by atoms with Crippen molar-refractivity contribution in [3.05, 3.63) is 0 Å². The summed E-state index contributed by atoms with van der Waals surface area (Å²) in [5.74, 6) is -0.712. The molecular formula is C14H26O4. The molecule has 0 amide bonds. The maximum absolute atomic E-state index is 9.98. The molecule has 2 fully saturated rings. The van der Waals surface area contributed by atoms with Crippen molar-refractivity contribution in [3.63, 3.8) is 0 Å². The standard InChI is InChI=1S/C14H26O4/c1-12(2,3)14(13(4,5)6)17-8-10-11(18-14)9(15)7-16-10/h9-11,15H,7-8H2,1-6H3/t9-,10+,11-/m0/s1. The highest BCUT2D eigenvalue weighted by Crippen LogP contribution is 2.51. The van der Waals surface area contributed by atoms with Crippen LogP contribution in [0.3, 0.4) is 0 Å². The van der Waals surface area contributed by atoms with E-state index in [2.05, 4.69) is 41.5 Å². The molecule has 2 aliphatic rings. The SMILES string of the molecule is CC(C)(C)C1(C(C)(C)C)OC[C@H]2OC[C@H](O)[C@@H]2O1. The summed E-state index contributed by atoms with van der Waals surface area (Å²) in [7, 11) is 0. The molecule has 0 radical (unpaired) electrons. The molecule has 0 saturated carbocycles. The van der Waals surface area contributed by atoms with Crippen LogP contribution in [-0.2, 0) is 14.2 Å². The van der Waals surface area contributed by atoms with Crippen LogP contribution in [0.1, 0.15) is 41.5 Å². The lowest BCUT2D eigenvalue weighted by Gasteiger charge is -2.56. The van der Waals surface area contributed by atoms with Gasteiger partial charge in [0, 0.05) is 10.8 Å². The zero-order valence-electron chi connectivity index (χ0n) is 12.3. The Morgan fingerprint density at radius 2 is 1.56 bits per heavy atom. The second-order valence-electron chi connectivity index (χ2n) is 7.45. The molecule has 0 aromatic carbocycles. The lowest BCUT2D eigenvalue weighted by molar-refractivity contribution is -0.392. The molecular weight excluding hydrogens is 232 g/mol. The van der Waals surface area contributed by atoms with E-state index in [1.165, 1.54) is 0 Å². The number of aliphatic hydroxyl groups excluding tert-OH is 1. The van der Waals surface area contributed by atoms with E-state index in [0.717, 1.165) is 0 Å². The van der Waals surface area contributed by atoms with Gasteiger partial charge in [0.15, 0.2) is 5.79 Å². The first kappa shape index (κ1) is 14.3. The van der Waals surface area contributed by atoms with Gasteiger partial charge in [-0.05, 0) is 0 Å². The molecule has 1 N–H and O–H groups in total. The minimum atomic E-state index is -0.712. The molecule has 2 heterocycles. The van der Waals surface area contributed by atoms with Crippen LogP contribution in [0.2, 0.25) is 0 Å². The summed E-state index contributed by atoms with van der Waals surface area (Å²) in [5.41, 5.74) is -0.364. The molecule has 2 rings (SSSR count). The molecule has 4 heteroatoms. The van der Waals surface area contributed by atoms with Crippen LogP contribution in [0.4, 0.5) is 0 Å². The second kappa shape index (κ2) is 4.17. The van der Waals surface area contributed by atoms with Crippen LogP contribution in [0.15, 0.2) is 0 Å². The van der Waals surface area contributed by atoms with Gasteiger partial charge in [-0.25, -0.2) is 0 Å². The van der Waals surface area contributed by atoms with Crippen molar-refractivity contribution in [2.75, 3.05) is 13.2 Å². The quantitative estimate of drug-likeness (QED) is 0.721. The van der Waals surface area contributed by atoms with Gasteiger partial charge in [0.2, 0.25) is 0 Å². The summed E-state index contributed by atoms with van der Waals surface area (Å²) < 4.78 is 17.8. The Kier molecular flexibility index (Phi) is 3.30. The Morgan fingerprint density at radius 3 is 2.06 bits per heavy atom. The number of rotatable bonds is 0. The third-order valence-corrected chi connectivity index (χ3v) is 3.95. The smallest absolute Gasteiger partial charge is 0.178 e. The Hall–Kier alpha value is -0.160. The van der Waals surface area contributed by atoms with Gasteiger partial charge in [-0.15, -0.1) is 0 Å². The molecule has 0 aromatic rings. The highest BCUT2D eigenvalue weighted by Gasteiger charge is 2.60. The molecule has 0 unspecified atom stereocenters. The summed E-state index contributed by atoms with van der Waals surface area (Å²) in [6.07, 6.45) is -0.974. The zero-order valence-corrected chi connectivity index (χ0v) is 12.3. The minimum absolute atomic E-state index is 0.141. The van der Waals surface area contributed by atoms with Crippen LogP contribution < -0.4 is 0 Å². The average Bonchev–Trinajstić information content (AvgIpc) is 2.56. The van der Waals surface area contributed by atoms with E-state index in [0.29, 0.717) is 13.2 Å². The highest BCUT2D eigenvalue weighted by molar-refractivity contribution is 5.00. The second-order valence-corrected chi connectivity index (χ2v) is 7.45. The summed E-state index contributed by atoms with van der Waals surface area (Å²) in [4.78, 5) is 0. The van der Waals surface area contributed by atoms with Crippen LogP contribution >= 0.6 is 0 Å². The molecule has 0 spiro atoms. The molecule has 0 aromatic heterocycles. The van der Waals surface area contributed by atoms with Gasteiger partial charge in [-0.3, -0.25) is 0 Å². The van der Waals surface area contributed by atoms with E-state index in [1.807, 2.05) is 0 Å². The van der Waals surface area contributed by atoms with Crippen molar-refractivity contribution in [2.45, 2.75) is 65.6 Å². The maximum atomic E-state index is 9.98. The van der Waals surface area contributed by atoms with Gasteiger partial charge in [0.1, 0.15) is 18.3 Å². The Morgan fingerprint density at radius 1 is 1.00 bits per heavy atom. The van der Waals surface area contributed by atoms with Crippen LogP contribution in [-0.4, -0.2) is 42.4 Å². The van der Waals surface area contributed by atoms with E-state index < -0.39 is 11.9 Å². The Bertz CT molecular complexity index is 299. The van der Waals surface area contributed by atoms with Gasteiger partial charge in [0.05, 0.1) is 13.2 Å². The number of fused-ring (bicyclic) bond motifs is 1. The summed E-state index contributed by atoms with van der Waals surface area (Å²) >= 11 is 0. The maximum Gasteiger partial charge on any atom is 0.178 e. The molecule has 0 aliphatic carbocycles. The molecule has 4 nitrogen and oxygen atoms in total.